The van der Waals surface area contributed by atoms with Gasteiger partial charge in [0.1, 0.15) is 0 Å². The normalized spacial score (nSPS) is 11.6. The van der Waals surface area contributed by atoms with Gasteiger partial charge < -0.3 is 5.11 Å². The number of aliphatic hydroxyl groups excluding tert-OH is 1. The number of hydrogen-bond acceptors (Lipinski definition) is 5. The van der Waals surface area contributed by atoms with Crippen LogP contribution < -0.4 is 0 Å². The molecule has 6 heteroatoms. The van der Waals surface area contributed by atoms with Crippen LogP contribution in [0, 0.1) is 6.92 Å². The van der Waals surface area contributed by atoms with Crippen molar-refractivity contribution in [3.63, 3.8) is 0 Å². The lowest BCUT2D eigenvalue weighted by Gasteiger charge is -2.34. The van der Waals surface area contributed by atoms with E-state index in [-0.39, 0.29) is 6.61 Å². The second-order valence-electron chi connectivity index (χ2n) is 13.6. The van der Waals surface area contributed by atoms with E-state index in [9.17, 15) is 5.11 Å². The third-order valence-electron chi connectivity index (χ3n) is 10.2. The molecular formula is C47H41N5O. The quantitative estimate of drug-likeness (QED) is 0.137. The predicted molar refractivity (Wildman–Crippen MR) is 212 cm³/mol. The molecule has 0 atom stereocenters. The smallest absolute Gasteiger partial charge is 0.205 e. The largest absolute Gasteiger partial charge is 0.392 e. The van der Waals surface area contributed by atoms with Crippen LogP contribution in [0.4, 0.5) is 0 Å². The van der Waals surface area contributed by atoms with E-state index in [1.165, 1.54) is 0 Å². The molecule has 0 fully saturated rings. The summed E-state index contributed by atoms with van der Waals surface area (Å²) in [7, 11) is 0. The maximum atomic E-state index is 10.6. The van der Waals surface area contributed by atoms with Gasteiger partial charge in [0.2, 0.25) is 5.82 Å². The average Bonchev–Trinajstić information content (AvgIpc) is 3.71. The van der Waals surface area contributed by atoms with Crippen LogP contribution in [0.5, 0.6) is 0 Å². The zero-order valence-electron chi connectivity index (χ0n) is 30.0. The second kappa shape index (κ2) is 14.8. The molecule has 0 bridgehead atoms. The number of aryl methyl sites for hydroxylation is 2. The van der Waals surface area contributed by atoms with E-state index in [2.05, 4.69) is 141 Å². The Morgan fingerprint density at radius 3 is 1.81 bits per heavy atom. The summed E-state index contributed by atoms with van der Waals surface area (Å²) >= 11 is 0. The number of pyridine rings is 1. The van der Waals surface area contributed by atoms with Gasteiger partial charge in [0.05, 0.1) is 12.1 Å². The fourth-order valence-electron chi connectivity index (χ4n) is 7.66. The van der Waals surface area contributed by atoms with Crippen molar-refractivity contribution in [2.45, 2.75) is 45.3 Å². The van der Waals surface area contributed by atoms with Crippen molar-refractivity contribution in [2.24, 2.45) is 0 Å². The Kier molecular flexibility index (Phi) is 9.45. The molecule has 0 aliphatic carbocycles. The van der Waals surface area contributed by atoms with Gasteiger partial charge in [0, 0.05) is 16.6 Å². The Hall–Kier alpha value is -6.24. The third-order valence-corrected chi connectivity index (χ3v) is 10.2. The Labute approximate surface area is 310 Å². The molecule has 53 heavy (non-hydrogen) atoms. The molecule has 0 radical (unpaired) electrons. The molecule has 260 valence electrons. The number of fused-ring (bicyclic) bond motifs is 1. The monoisotopic (exact) mass is 691 g/mol. The van der Waals surface area contributed by atoms with Gasteiger partial charge in [-0.05, 0) is 81.6 Å². The molecular weight excluding hydrogens is 651 g/mol. The summed E-state index contributed by atoms with van der Waals surface area (Å²) in [6.07, 6.45) is 2.55. The minimum atomic E-state index is -0.855. The summed E-state index contributed by atoms with van der Waals surface area (Å²) in [5.74, 6) is 0.547. The first kappa shape index (κ1) is 33.9. The maximum Gasteiger partial charge on any atom is 0.205 e. The van der Waals surface area contributed by atoms with Crippen LogP contribution in [-0.2, 0) is 25.0 Å². The molecule has 2 heterocycles. The first-order chi connectivity index (χ1) is 26.1. The van der Waals surface area contributed by atoms with E-state index in [1.54, 1.807) is 4.80 Å². The van der Waals surface area contributed by atoms with Crippen molar-refractivity contribution < 1.29 is 5.11 Å². The molecule has 1 N–H and O–H groups in total. The molecule has 0 amide bonds. The Balaban J connectivity index is 1.18. The number of aromatic nitrogens is 5. The topological polar surface area (TPSA) is 76.7 Å². The molecule has 0 unspecified atom stereocenters. The first-order valence-corrected chi connectivity index (χ1v) is 18.3. The molecule has 6 aromatic carbocycles. The number of benzene rings is 6. The summed E-state index contributed by atoms with van der Waals surface area (Å²) in [4.78, 5) is 6.84. The minimum absolute atomic E-state index is 0.0201. The molecule has 8 aromatic rings. The molecule has 0 aliphatic rings. The van der Waals surface area contributed by atoms with Crippen LogP contribution in [-0.4, -0.2) is 30.3 Å². The number of hydrogen-bond donors (Lipinski definition) is 1. The van der Waals surface area contributed by atoms with Crippen LogP contribution in [0.2, 0.25) is 0 Å². The van der Waals surface area contributed by atoms with E-state index in [0.29, 0.717) is 12.2 Å². The highest BCUT2D eigenvalue weighted by Crippen LogP contribution is 2.40. The molecule has 2 aromatic heterocycles. The van der Waals surface area contributed by atoms with Gasteiger partial charge in [-0.2, -0.15) is 0 Å². The fourth-order valence-corrected chi connectivity index (χ4v) is 7.66. The van der Waals surface area contributed by atoms with Gasteiger partial charge in [-0.15, -0.1) is 15.0 Å². The molecule has 0 aliphatic heterocycles. The van der Waals surface area contributed by atoms with Crippen LogP contribution >= 0.6 is 0 Å². The minimum Gasteiger partial charge on any atom is -0.392 e. The lowest BCUT2D eigenvalue weighted by Crippen LogP contribution is -2.39. The average molecular weight is 692 g/mol. The summed E-state index contributed by atoms with van der Waals surface area (Å²) in [5, 5.41) is 26.3. The number of nitrogens with zero attached hydrogens (tertiary/aromatic N) is 5. The Morgan fingerprint density at radius 2 is 1.23 bits per heavy atom. The lowest BCUT2D eigenvalue weighted by molar-refractivity contribution is 0.282. The number of rotatable bonds is 11. The van der Waals surface area contributed by atoms with E-state index in [4.69, 9.17) is 20.4 Å². The van der Waals surface area contributed by atoms with Crippen molar-refractivity contribution in [2.75, 3.05) is 0 Å². The standard InChI is InChI=1S/C47H41N5O/c1-3-15-44-42(43(32-53)41-30-33(2)24-29-45(41)48-44)31-34-25-27-35(28-26-34)39-22-13-14-23-40(39)46-49-51-52(50-46)47(36-16-7-4-8-17-36,37-18-9-5-10-19-37)38-20-11-6-12-21-38/h4-14,16-30,53H,3,15,31-32H2,1-2H3. The van der Waals surface area contributed by atoms with Crippen molar-refractivity contribution >= 4 is 10.9 Å². The maximum absolute atomic E-state index is 10.6. The number of aliphatic hydroxyl groups is 1. The van der Waals surface area contributed by atoms with Gasteiger partial charge in [-0.3, -0.25) is 4.98 Å². The van der Waals surface area contributed by atoms with Crippen LogP contribution in [0.15, 0.2) is 158 Å². The van der Waals surface area contributed by atoms with E-state index in [1.807, 2.05) is 30.3 Å². The predicted octanol–water partition coefficient (Wildman–Crippen LogP) is 9.74. The van der Waals surface area contributed by atoms with Crippen molar-refractivity contribution in [1.82, 2.24) is 25.2 Å². The zero-order valence-corrected chi connectivity index (χ0v) is 30.0. The molecule has 0 saturated carbocycles. The summed E-state index contributed by atoms with van der Waals surface area (Å²) in [5.41, 5.74) is 11.7. The van der Waals surface area contributed by atoms with Gasteiger partial charge in [0.25, 0.3) is 0 Å². The highest BCUT2D eigenvalue weighted by atomic mass is 16.3. The zero-order chi connectivity index (χ0) is 36.2. The van der Waals surface area contributed by atoms with Crippen LogP contribution in [0.1, 0.15) is 58.0 Å². The van der Waals surface area contributed by atoms with E-state index < -0.39 is 5.54 Å². The Bertz CT molecular complexity index is 2380. The first-order valence-electron chi connectivity index (χ1n) is 18.3. The summed E-state index contributed by atoms with van der Waals surface area (Å²) in [6.45, 7) is 4.24. The lowest BCUT2D eigenvalue weighted by atomic mass is 9.77. The van der Waals surface area contributed by atoms with Gasteiger partial charge in [-0.25, -0.2) is 0 Å². The van der Waals surface area contributed by atoms with Gasteiger partial charge in [0.15, 0.2) is 5.54 Å². The molecule has 0 saturated heterocycles. The van der Waals surface area contributed by atoms with Crippen LogP contribution in [0.3, 0.4) is 0 Å². The van der Waals surface area contributed by atoms with Gasteiger partial charge >= 0.3 is 0 Å². The highest BCUT2D eigenvalue weighted by Gasteiger charge is 2.41. The second-order valence-corrected chi connectivity index (χ2v) is 13.6. The molecule has 6 nitrogen and oxygen atoms in total. The van der Waals surface area contributed by atoms with Crippen molar-refractivity contribution in [3.05, 3.63) is 202 Å². The third kappa shape index (κ3) is 6.32. The van der Waals surface area contributed by atoms with Gasteiger partial charge in [-0.1, -0.05) is 165 Å². The molecule has 0 spiro atoms. The van der Waals surface area contributed by atoms with Crippen LogP contribution in [0.25, 0.3) is 33.4 Å². The highest BCUT2D eigenvalue weighted by molar-refractivity contribution is 5.85. The Morgan fingerprint density at radius 1 is 0.642 bits per heavy atom. The van der Waals surface area contributed by atoms with E-state index >= 15 is 0 Å². The fraction of sp³-hybridized carbons (Fsp3) is 0.149. The molecule has 8 rings (SSSR count). The summed E-state index contributed by atoms with van der Waals surface area (Å²) < 4.78 is 0. The van der Waals surface area contributed by atoms with E-state index in [0.717, 1.165) is 85.1 Å². The summed E-state index contributed by atoms with van der Waals surface area (Å²) in [6, 6.07) is 54.4. The van der Waals surface area contributed by atoms with Crippen molar-refractivity contribution in [1.29, 1.82) is 0 Å². The van der Waals surface area contributed by atoms with Crippen molar-refractivity contribution in [3.8, 4) is 22.5 Å². The SMILES string of the molecule is CCCc1nc2ccc(C)cc2c(CO)c1Cc1ccc(-c2ccccc2-c2nnn(C(c3ccccc3)(c3ccccc3)c3ccccc3)n2)cc1. The number of tetrazole rings is 1.